The number of phenols is 1. The predicted molar refractivity (Wildman–Crippen MR) is 113 cm³/mol. The Kier molecular flexibility index (Phi) is 7.12. The van der Waals surface area contributed by atoms with E-state index in [0.717, 1.165) is 0 Å². The summed E-state index contributed by atoms with van der Waals surface area (Å²) < 4.78 is 10.7. The van der Waals surface area contributed by atoms with Gasteiger partial charge in [0.2, 0.25) is 0 Å². The number of nitrogens with zero attached hydrogens (tertiary/aromatic N) is 1. The minimum atomic E-state index is -0.653. The normalized spacial score (nSPS) is 15.1. The maximum absolute atomic E-state index is 12.7. The van der Waals surface area contributed by atoms with Gasteiger partial charge in [-0.1, -0.05) is 6.07 Å². The SMILES string of the molecule is CC(=O)Oc1cccc(C(=O)NC2CCN(C(=O)C(C)Oc3ccc(O)cc3)CC2)c1. The van der Waals surface area contributed by atoms with Gasteiger partial charge in [0.1, 0.15) is 17.2 Å². The molecule has 1 aliphatic heterocycles. The van der Waals surface area contributed by atoms with Crippen molar-refractivity contribution in [2.45, 2.75) is 38.8 Å². The second kappa shape index (κ2) is 9.97. The summed E-state index contributed by atoms with van der Waals surface area (Å²) in [5.74, 6) is 0.154. The molecule has 8 nitrogen and oxygen atoms in total. The van der Waals surface area contributed by atoms with Gasteiger partial charge in [-0.15, -0.1) is 0 Å². The van der Waals surface area contributed by atoms with Gasteiger partial charge in [0.15, 0.2) is 6.10 Å². The van der Waals surface area contributed by atoms with Gasteiger partial charge < -0.3 is 24.8 Å². The lowest BCUT2D eigenvalue weighted by Crippen LogP contribution is -2.49. The van der Waals surface area contributed by atoms with Crippen molar-refractivity contribution in [3.05, 3.63) is 54.1 Å². The Labute approximate surface area is 180 Å². The van der Waals surface area contributed by atoms with Crippen LogP contribution in [0.1, 0.15) is 37.0 Å². The minimum absolute atomic E-state index is 0.0535. The zero-order chi connectivity index (χ0) is 22.4. The molecule has 1 unspecified atom stereocenters. The van der Waals surface area contributed by atoms with Crippen molar-refractivity contribution in [2.24, 2.45) is 0 Å². The van der Waals surface area contributed by atoms with E-state index in [0.29, 0.717) is 43.0 Å². The van der Waals surface area contributed by atoms with E-state index in [9.17, 15) is 19.5 Å². The number of hydrogen-bond donors (Lipinski definition) is 2. The summed E-state index contributed by atoms with van der Waals surface area (Å²) in [7, 11) is 0. The largest absolute Gasteiger partial charge is 0.508 e. The van der Waals surface area contributed by atoms with Crippen molar-refractivity contribution in [2.75, 3.05) is 13.1 Å². The number of amides is 2. The van der Waals surface area contributed by atoms with Gasteiger partial charge in [-0.3, -0.25) is 14.4 Å². The highest BCUT2D eigenvalue weighted by Gasteiger charge is 2.28. The van der Waals surface area contributed by atoms with Gasteiger partial charge in [0.25, 0.3) is 11.8 Å². The molecule has 2 N–H and O–H groups in total. The maximum Gasteiger partial charge on any atom is 0.308 e. The molecule has 1 atom stereocenters. The highest BCUT2D eigenvalue weighted by atomic mass is 16.5. The average molecular weight is 426 g/mol. The van der Waals surface area contributed by atoms with Crippen LogP contribution in [0.2, 0.25) is 0 Å². The Morgan fingerprint density at radius 3 is 2.39 bits per heavy atom. The molecule has 2 aromatic rings. The molecule has 0 aliphatic carbocycles. The molecule has 1 fully saturated rings. The summed E-state index contributed by atoms with van der Waals surface area (Å²) in [6.45, 7) is 4.03. The standard InChI is InChI=1S/C23H26N2O6/c1-15(30-20-8-6-19(27)7-9-20)23(29)25-12-10-18(11-13-25)24-22(28)17-4-3-5-21(14-17)31-16(2)26/h3-9,14-15,18,27H,10-13H2,1-2H3,(H,24,28). The molecule has 2 amide bonds. The Balaban J connectivity index is 1.48. The zero-order valence-corrected chi connectivity index (χ0v) is 17.5. The second-order valence-corrected chi connectivity index (χ2v) is 7.45. The number of hydrogen-bond acceptors (Lipinski definition) is 6. The zero-order valence-electron chi connectivity index (χ0n) is 17.5. The number of nitrogens with one attached hydrogen (secondary N) is 1. The molecule has 1 aliphatic rings. The Morgan fingerprint density at radius 2 is 1.74 bits per heavy atom. The van der Waals surface area contributed by atoms with Crippen LogP contribution in [0.3, 0.4) is 0 Å². The highest BCUT2D eigenvalue weighted by Crippen LogP contribution is 2.19. The van der Waals surface area contributed by atoms with Crippen LogP contribution in [0, 0.1) is 0 Å². The molecule has 1 heterocycles. The monoisotopic (exact) mass is 426 g/mol. The van der Waals surface area contributed by atoms with Crippen LogP contribution in [0.25, 0.3) is 0 Å². The first-order valence-electron chi connectivity index (χ1n) is 10.2. The van der Waals surface area contributed by atoms with Crippen molar-refractivity contribution in [3.8, 4) is 17.2 Å². The third-order valence-corrected chi connectivity index (χ3v) is 5.00. The Hall–Kier alpha value is -3.55. The molecule has 31 heavy (non-hydrogen) atoms. The third kappa shape index (κ3) is 6.21. The van der Waals surface area contributed by atoms with Crippen molar-refractivity contribution in [3.63, 3.8) is 0 Å². The van der Waals surface area contributed by atoms with Gasteiger partial charge >= 0.3 is 5.97 Å². The van der Waals surface area contributed by atoms with Crippen molar-refractivity contribution >= 4 is 17.8 Å². The number of esters is 1. The second-order valence-electron chi connectivity index (χ2n) is 7.45. The van der Waals surface area contributed by atoms with E-state index in [1.165, 1.54) is 25.1 Å². The molecular weight excluding hydrogens is 400 g/mol. The quantitative estimate of drug-likeness (QED) is 0.543. The van der Waals surface area contributed by atoms with E-state index >= 15 is 0 Å². The van der Waals surface area contributed by atoms with Crippen LogP contribution < -0.4 is 14.8 Å². The Morgan fingerprint density at radius 1 is 1.06 bits per heavy atom. The predicted octanol–water partition coefficient (Wildman–Crippen LogP) is 2.51. The smallest absolute Gasteiger partial charge is 0.308 e. The van der Waals surface area contributed by atoms with Gasteiger partial charge in [-0.05, 0) is 62.2 Å². The van der Waals surface area contributed by atoms with Crippen molar-refractivity contribution in [1.29, 1.82) is 0 Å². The van der Waals surface area contributed by atoms with Gasteiger partial charge in [0.05, 0.1) is 0 Å². The van der Waals surface area contributed by atoms with Gasteiger partial charge in [-0.25, -0.2) is 0 Å². The molecule has 0 radical (unpaired) electrons. The molecule has 2 aromatic carbocycles. The number of ether oxygens (including phenoxy) is 2. The van der Waals surface area contributed by atoms with Gasteiger partial charge in [-0.2, -0.15) is 0 Å². The van der Waals surface area contributed by atoms with Crippen LogP contribution in [-0.2, 0) is 9.59 Å². The van der Waals surface area contributed by atoms with Crippen LogP contribution in [0.4, 0.5) is 0 Å². The fourth-order valence-corrected chi connectivity index (χ4v) is 3.42. The van der Waals surface area contributed by atoms with Crippen molar-refractivity contribution in [1.82, 2.24) is 10.2 Å². The molecular formula is C23H26N2O6. The summed E-state index contributed by atoms with van der Waals surface area (Å²) >= 11 is 0. The maximum atomic E-state index is 12.7. The number of piperidine rings is 1. The number of phenolic OH excluding ortho intramolecular Hbond substituents is 1. The lowest BCUT2D eigenvalue weighted by molar-refractivity contribution is -0.139. The van der Waals surface area contributed by atoms with Crippen LogP contribution >= 0.6 is 0 Å². The average Bonchev–Trinajstić information content (AvgIpc) is 2.75. The molecule has 164 valence electrons. The molecule has 0 aromatic heterocycles. The first-order valence-corrected chi connectivity index (χ1v) is 10.2. The first-order chi connectivity index (χ1) is 14.8. The topological polar surface area (TPSA) is 105 Å². The number of aromatic hydroxyl groups is 1. The summed E-state index contributed by atoms with van der Waals surface area (Å²) in [5, 5.41) is 12.3. The summed E-state index contributed by atoms with van der Waals surface area (Å²) in [5.41, 5.74) is 0.410. The fourth-order valence-electron chi connectivity index (χ4n) is 3.42. The first kappa shape index (κ1) is 22.1. The number of carbonyl (C=O) groups excluding carboxylic acids is 3. The lowest BCUT2D eigenvalue weighted by atomic mass is 10.0. The third-order valence-electron chi connectivity index (χ3n) is 5.00. The summed E-state index contributed by atoms with van der Waals surface area (Å²) in [6.07, 6.45) is 0.611. The van der Waals surface area contributed by atoms with Crippen LogP contribution in [0.5, 0.6) is 17.2 Å². The number of benzene rings is 2. The van der Waals surface area contributed by atoms with Crippen molar-refractivity contribution < 1.29 is 29.0 Å². The molecule has 0 spiro atoms. The van der Waals surface area contributed by atoms with Crippen LogP contribution in [-0.4, -0.2) is 53.0 Å². The highest BCUT2D eigenvalue weighted by molar-refractivity contribution is 5.95. The molecule has 0 saturated carbocycles. The molecule has 3 rings (SSSR count). The van der Waals surface area contributed by atoms with E-state index < -0.39 is 12.1 Å². The molecule has 8 heteroatoms. The molecule has 1 saturated heterocycles. The summed E-state index contributed by atoms with van der Waals surface area (Å²) in [4.78, 5) is 38.0. The van der Waals surface area contributed by atoms with E-state index in [2.05, 4.69) is 5.32 Å². The number of rotatable bonds is 6. The Bertz CT molecular complexity index is 935. The lowest BCUT2D eigenvalue weighted by Gasteiger charge is -2.33. The fraction of sp³-hybridized carbons (Fsp3) is 0.348. The van der Waals surface area contributed by atoms with Crippen LogP contribution in [0.15, 0.2) is 48.5 Å². The van der Waals surface area contributed by atoms with E-state index in [4.69, 9.17) is 9.47 Å². The number of carbonyl (C=O) groups is 3. The summed E-state index contributed by atoms with van der Waals surface area (Å²) in [6, 6.07) is 12.6. The minimum Gasteiger partial charge on any atom is -0.508 e. The van der Waals surface area contributed by atoms with E-state index in [1.54, 1.807) is 42.2 Å². The molecule has 0 bridgehead atoms. The van der Waals surface area contributed by atoms with E-state index in [-0.39, 0.29) is 23.6 Å². The van der Waals surface area contributed by atoms with Gasteiger partial charge in [0, 0.05) is 31.6 Å². The number of likely N-dealkylation sites (tertiary alicyclic amines) is 1. The van der Waals surface area contributed by atoms with E-state index in [1.807, 2.05) is 0 Å².